The number of thiophene rings is 1. The van der Waals surface area contributed by atoms with Crippen LogP contribution in [0.4, 0.5) is 0 Å². The van der Waals surface area contributed by atoms with Gasteiger partial charge in [0.1, 0.15) is 5.56 Å². The lowest BCUT2D eigenvalue weighted by Gasteiger charge is -2.11. The maximum absolute atomic E-state index is 12.2. The Kier molecular flexibility index (Phi) is 4.31. The van der Waals surface area contributed by atoms with Crippen LogP contribution in [-0.2, 0) is 7.05 Å². The zero-order chi connectivity index (χ0) is 16.4. The third-order valence-corrected chi connectivity index (χ3v) is 4.54. The van der Waals surface area contributed by atoms with Crippen molar-refractivity contribution in [2.45, 2.75) is 6.10 Å². The Labute approximate surface area is 137 Å². The van der Waals surface area contributed by atoms with Crippen molar-refractivity contribution < 1.29 is 14.6 Å². The molecule has 6 nitrogen and oxygen atoms in total. The number of aromatic nitrogens is 2. The second-order valence-electron chi connectivity index (χ2n) is 5.14. The van der Waals surface area contributed by atoms with E-state index in [1.54, 1.807) is 24.6 Å². The van der Waals surface area contributed by atoms with E-state index in [-0.39, 0.29) is 18.3 Å². The average molecular weight is 331 g/mol. The molecular weight excluding hydrogens is 314 g/mol. The van der Waals surface area contributed by atoms with Gasteiger partial charge in [-0.3, -0.25) is 9.48 Å². The predicted octanol–water partition coefficient (Wildman–Crippen LogP) is 2.11. The zero-order valence-corrected chi connectivity index (χ0v) is 13.6. The Morgan fingerprint density at radius 3 is 3.04 bits per heavy atom. The van der Waals surface area contributed by atoms with E-state index in [1.165, 1.54) is 11.8 Å². The highest BCUT2D eigenvalue weighted by Gasteiger charge is 2.19. The molecule has 2 heterocycles. The van der Waals surface area contributed by atoms with Crippen molar-refractivity contribution >= 4 is 27.3 Å². The summed E-state index contributed by atoms with van der Waals surface area (Å²) in [6.07, 6.45) is 0.818. The number of ether oxygens (including phenoxy) is 1. The summed E-state index contributed by atoms with van der Waals surface area (Å²) in [4.78, 5) is 12.2. The third kappa shape index (κ3) is 3.06. The predicted molar refractivity (Wildman–Crippen MR) is 88.9 cm³/mol. The lowest BCUT2D eigenvalue weighted by atomic mass is 10.1. The maximum atomic E-state index is 12.2. The standard InChI is InChI=1S/C16H17N3O3S/c1-19-8-11(16(18-19)22-2)15(21)17-7-13(20)12-9-23-14-6-4-3-5-10(12)14/h3-6,8-9,13,20H,7H2,1-2H3,(H,17,21)/t13-/m1/s1. The zero-order valence-electron chi connectivity index (χ0n) is 12.8. The highest BCUT2D eigenvalue weighted by atomic mass is 32.1. The van der Waals surface area contributed by atoms with Gasteiger partial charge in [-0.25, -0.2) is 0 Å². The first-order valence-corrected chi connectivity index (χ1v) is 7.98. The van der Waals surface area contributed by atoms with Crippen molar-refractivity contribution in [3.8, 4) is 5.88 Å². The van der Waals surface area contributed by atoms with Gasteiger partial charge in [-0.1, -0.05) is 18.2 Å². The summed E-state index contributed by atoms with van der Waals surface area (Å²) in [6, 6.07) is 7.88. The molecule has 0 unspecified atom stereocenters. The molecule has 3 aromatic rings. The molecule has 0 radical (unpaired) electrons. The summed E-state index contributed by atoms with van der Waals surface area (Å²) in [7, 11) is 3.18. The van der Waals surface area contributed by atoms with E-state index in [2.05, 4.69) is 10.4 Å². The van der Waals surface area contributed by atoms with Crippen LogP contribution in [0, 0.1) is 0 Å². The van der Waals surface area contributed by atoms with Crippen molar-refractivity contribution in [2.75, 3.05) is 13.7 Å². The second-order valence-corrected chi connectivity index (χ2v) is 6.05. The minimum atomic E-state index is -0.766. The lowest BCUT2D eigenvalue weighted by Crippen LogP contribution is -2.28. The van der Waals surface area contributed by atoms with E-state index in [0.29, 0.717) is 5.56 Å². The molecule has 23 heavy (non-hydrogen) atoms. The summed E-state index contributed by atoms with van der Waals surface area (Å²) in [5, 5.41) is 20.1. The van der Waals surface area contributed by atoms with E-state index in [4.69, 9.17) is 4.74 Å². The molecule has 3 rings (SSSR count). The lowest BCUT2D eigenvalue weighted by molar-refractivity contribution is 0.0914. The van der Waals surface area contributed by atoms with E-state index in [0.717, 1.165) is 15.6 Å². The van der Waals surface area contributed by atoms with E-state index >= 15 is 0 Å². The van der Waals surface area contributed by atoms with E-state index < -0.39 is 6.10 Å². The van der Waals surface area contributed by atoms with Gasteiger partial charge in [-0.2, -0.15) is 0 Å². The number of carbonyl (C=O) groups is 1. The van der Waals surface area contributed by atoms with Crippen LogP contribution in [0.25, 0.3) is 10.1 Å². The largest absolute Gasteiger partial charge is 0.479 e. The number of hydrogen-bond donors (Lipinski definition) is 2. The molecule has 1 aromatic carbocycles. The Balaban J connectivity index is 1.71. The molecule has 1 amide bonds. The van der Waals surface area contributed by atoms with Crippen LogP contribution >= 0.6 is 11.3 Å². The van der Waals surface area contributed by atoms with E-state index in [9.17, 15) is 9.90 Å². The van der Waals surface area contributed by atoms with Crippen molar-refractivity contribution in [2.24, 2.45) is 7.05 Å². The van der Waals surface area contributed by atoms with Gasteiger partial charge in [-0.05, 0) is 16.8 Å². The molecule has 0 fully saturated rings. The number of rotatable bonds is 5. The topological polar surface area (TPSA) is 76.4 Å². The third-order valence-electron chi connectivity index (χ3n) is 3.56. The average Bonchev–Trinajstić information content (AvgIpc) is 3.15. The summed E-state index contributed by atoms with van der Waals surface area (Å²) >= 11 is 1.58. The minimum Gasteiger partial charge on any atom is -0.479 e. The van der Waals surface area contributed by atoms with Gasteiger partial charge in [0, 0.05) is 30.1 Å². The number of fused-ring (bicyclic) bond motifs is 1. The smallest absolute Gasteiger partial charge is 0.258 e. The fourth-order valence-corrected chi connectivity index (χ4v) is 3.43. The van der Waals surface area contributed by atoms with E-state index in [1.807, 2.05) is 29.6 Å². The molecule has 120 valence electrons. The first-order chi connectivity index (χ1) is 11.1. The molecule has 0 spiro atoms. The van der Waals surface area contributed by atoms with Crippen LogP contribution in [-0.4, -0.2) is 34.4 Å². The van der Waals surface area contributed by atoms with Gasteiger partial charge in [0.25, 0.3) is 5.91 Å². The number of aryl methyl sites for hydroxylation is 1. The molecule has 0 saturated heterocycles. The van der Waals surface area contributed by atoms with Crippen molar-refractivity contribution in [1.29, 1.82) is 0 Å². The number of carbonyl (C=O) groups excluding carboxylic acids is 1. The number of nitrogens with zero attached hydrogens (tertiary/aromatic N) is 2. The Bertz CT molecular complexity index is 840. The van der Waals surface area contributed by atoms with Gasteiger partial charge in [0.2, 0.25) is 5.88 Å². The molecule has 0 aliphatic rings. The Hall–Kier alpha value is -2.38. The molecule has 0 aliphatic carbocycles. The second kappa shape index (κ2) is 6.39. The summed E-state index contributed by atoms with van der Waals surface area (Å²) < 4.78 is 7.69. The van der Waals surface area contributed by atoms with Crippen LogP contribution in [0.15, 0.2) is 35.8 Å². The van der Waals surface area contributed by atoms with Crippen LogP contribution < -0.4 is 10.1 Å². The number of methoxy groups -OCH3 is 1. The number of amides is 1. The van der Waals surface area contributed by atoms with Gasteiger partial charge in [-0.15, -0.1) is 16.4 Å². The monoisotopic (exact) mass is 331 g/mol. The highest BCUT2D eigenvalue weighted by Crippen LogP contribution is 2.30. The number of hydrogen-bond acceptors (Lipinski definition) is 5. The van der Waals surface area contributed by atoms with Gasteiger partial charge >= 0.3 is 0 Å². The first kappa shape index (κ1) is 15.5. The minimum absolute atomic E-state index is 0.123. The number of aliphatic hydroxyl groups is 1. The van der Waals surface area contributed by atoms with Crippen molar-refractivity contribution in [3.05, 3.63) is 47.0 Å². The summed E-state index contributed by atoms with van der Waals surface area (Å²) in [5.74, 6) is -0.0611. The van der Waals surface area contributed by atoms with Crippen LogP contribution in [0.3, 0.4) is 0 Å². The van der Waals surface area contributed by atoms with Crippen LogP contribution in [0.5, 0.6) is 5.88 Å². The molecule has 7 heteroatoms. The van der Waals surface area contributed by atoms with Crippen LogP contribution in [0.1, 0.15) is 22.0 Å². The molecule has 0 aliphatic heterocycles. The fourth-order valence-electron chi connectivity index (χ4n) is 2.43. The first-order valence-electron chi connectivity index (χ1n) is 7.10. The molecule has 2 aromatic heterocycles. The molecule has 1 atom stereocenters. The molecule has 2 N–H and O–H groups in total. The molecule has 0 bridgehead atoms. The number of benzene rings is 1. The number of nitrogens with one attached hydrogen (secondary N) is 1. The highest BCUT2D eigenvalue weighted by molar-refractivity contribution is 7.17. The Morgan fingerprint density at radius 1 is 1.48 bits per heavy atom. The maximum Gasteiger partial charge on any atom is 0.258 e. The summed E-state index contributed by atoms with van der Waals surface area (Å²) in [6.45, 7) is 0.123. The van der Waals surface area contributed by atoms with Crippen molar-refractivity contribution in [1.82, 2.24) is 15.1 Å². The van der Waals surface area contributed by atoms with Gasteiger partial charge in [0.15, 0.2) is 0 Å². The molecule has 0 saturated carbocycles. The van der Waals surface area contributed by atoms with Crippen molar-refractivity contribution in [3.63, 3.8) is 0 Å². The quantitative estimate of drug-likeness (QED) is 0.751. The number of aliphatic hydroxyl groups excluding tert-OH is 1. The normalized spacial score (nSPS) is 12.3. The SMILES string of the molecule is COc1nn(C)cc1C(=O)NC[C@@H](O)c1csc2ccccc12. The Morgan fingerprint density at radius 2 is 2.26 bits per heavy atom. The molecular formula is C16H17N3O3S. The van der Waals surface area contributed by atoms with Gasteiger partial charge < -0.3 is 15.2 Å². The fraction of sp³-hybridized carbons (Fsp3) is 0.250. The van der Waals surface area contributed by atoms with Crippen LogP contribution in [0.2, 0.25) is 0 Å². The summed E-state index contributed by atoms with van der Waals surface area (Å²) in [5.41, 5.74) is 1.17. The van der Waals surface area contributed by atoms with Gasteiger partial charge in [0.05, 0.1) is 13.2 Å².